The van der Waals surface area contributed by atoms with Crippen molar-refractivity contribution in [2.75, 3.05) is 7.05 Å². The summed E-state index contributed by atoms with van der Waals surface area (Å²) < 4.78 is 0. The summed E-state index contributed by atoms with van der Waals surface area (Å²) in [6, 6.07) is 0. The Balaban J connectivity index is 4.75. The molecule has 1 N–H and O–H groups in total. The van der Waals surface area contributed by atoms with Crippen LogP contribution in [0.4, 0.5) is 0 Å². The van der Waals surface area contributed by atoms with Gasteiger partial charge in [-0.2, -0.15) is 0 Å². The summed E-state index contributed by atoms with van der Waals surface area (Å²) >= 11 is 0. The Morgan fingerprint density at radius 3 is 2.27 bits per heavy atom. The first-order chi connectivity index (χ1) is 5.29. The van der Waals surface area contributed by atoms with Gasteiger partial charge in [0.1, 0.15) is 0 Å². The van der Waals surface area contributed by atoms with E-state index in [1.54, 1.807) is 18.4 Å². The van der Waals surface area contributed by atoms with Crippen LogP contribution in [0.15, 0.2) is 41.7 Å². The van der Waals surface area contributed by atoms with Crippen LogP contribution < -0.4 is 5.32 Å². The third kappa shape index (κ3) is 2.85. The van der Waals surface area contributed by atoms with Crippen LogP contribution >= 0.6 is 0 Å². The smallest absolute Gasteiger partial charge is 0.0850 e. The molecule has 0 saturated carbocycles. The molecule has 0 radical (unpaired) electrons. The molecule has 60 valence electrons. The van der Waals surface area contributed by atoms with Gasteiger partial charge in [0.25, 0.3) is 0 Å². The van der Waals surface area contributed by atoms with E-state index < -0.39 is 0 Å². The summed E-state index contributed by atoms with van der Waals surface area (Å²) in [4.78, 5) is 4.09. The zero-order chi connectivity index (χ0) is 8.69. The minimum atomic E-state index is 0.810. The van der Waals surface area contributed by atoms with E-state index in [1.165, 1.54) is 0 Å². The summed E-state index contributed by atoms with van der Waals surface area (Å²) in [5.74, 6) is 0. The lowest BCUT2D eigenvalue weighted by molar-refractivity contribution is 1.01. The van der Waals surface area contributed by atoms with Gasteiger partial charge in [0.05, 0.1) is 11.4 Å². The third-order valence-electron chi connectivity index (χ3n) is 1.21. The van der Waals surface area contributed by atoms with Gasteiger partial charge in [-0.25, -0.2) is 0 Å². The molecule has 0 aromatic heterocycles. The van der Waals surface area contributed by atoms with Crippen LogP contribution in [0.1, 0.15) is 6.92 Å². The number of nitrogens with one attached hydrogen (secondary N) is 1. The minimum absolute atomic E-state index is 0.810. The van der Waals surface area contributed by atoms with E-state index in [4.69, 9.17) is 0 Å². The van der Waals surface area contributed by atoms with E-state index in [-0.39, 0.29) is 0 Å². The lowest BCUT2D eigenvalue weighted by Gasteiger charge is -2.02. The van der Waals surface area contributed by atoms with E-state index in [1.807, 2.05) is 14.0 Å². The Morgan fingerprint density at radius 2 is 2.00 bits per heavy atom. The summed E-state index contributed by atoms with van der Waals surface area (Å²) in [6.07, 6.45) is 5.12. The molecule has 0 aromatic rings. The number of aliphatic imine (C=N–C) groups is 1. The number of nitrogens with zero attached hydrogens (tertiary/aromatic N) is 1. The van der Waals surface area contributed by atoms with Crippen molar-refractivity contribution in [3.63, 3.8) is 0 Å². The molecule has 0 heterocycles. The van der Waals surface area contributed by atoms with E-state index in [9.17, 15) is 0 Å². The monoisotopic (exact) mass is 150 g/mol. The highest BCUT2D eigenvalue weighted by atomic mass is 14.9. The number of likely N-dealkylation sites (N-methyl/N-ethyl adjacent to an activating group) is 1. The highest BCUT2D eigenvalue weighted by Crippen LogP contribution is 2.03. The molecule has 0 bridgehead atoms. The quantitative estimate of drug-likeness (QED) is 0.480. The number of hydrogen-bond donors (Lipinski definition) is 1. The molecular formula is C9H14N2. The molecule has 0 aliphatic heterocycles. The van der Waals surface area contributed by atoms with Crippen LogP contribution in [0.5, 0.6) is 0 Å². The van der Waals surface area contributed by atoms with Gasteiger partial charge in [-0.1, -0.05) is 13.2 Å². The molecule has 0 spiro atoms. The van der Waals surface area contributed by atoms with Gasteiger partial charge in [0.15, 0.2) is 0 Å². The topological polar surface area (TPSA) is 24.4 Å². The van der Waals surface area contributed by atoms with Crippen LogP contribution in [-0.4, -0.2) is 13.3 Å². The molecule has 0 saturated heterocycles. The largest absolute Gasteiger partial charge is 0.386 e. The fourth-order valence-electron chi connectivity index (χ4n) is 0.706. The van der Waals surface area contributed by atoms with Crippen LogP contribution in [0.25, 0.3) is 0 Å². The van der Waals surface area contributed by atoms with Gasteiger partial charge in [-0.15, -0.1) is 0 Å². The molecule has 2 heteroatoms. The minimum Gasteiger partial charge on any atom is -0.386 e. The zero-order valence-electron chi connectivity index (χ0n) is 7.09. The summed E-state index contributed by atoms with van der Waals surface area (Å²) in [7, 11) is 1.83. The fraction of sp³-hybridized carbons (Fsp3) is 0.222. The molecular weight excluding hydrogens is 136 g/mol. The van der Waals surface area contributed by atoms with E-state index in [0.717, 1.165) is 11.4 Å². The molecule has 0 aliphatic carbocycles. The maximum Gasteiger partial charge on any atom is 0.0850 e. The Bertz CT molecular complexity index is 200. The second kappa shape index (κ2) is 5.47. The highest BCUT2D eigenvalue weighted by Gasteiger charge is 1.92. The van der Waals surface area contributed by atoms with Crippen LogP contribution in [0, 0.1) is 0 Å². The average molecular weight is 150 g/mol. The summed E-state index contributed by atoms with van der Waals surface area (Å²) in [5, 5.41) is 2.96. The number of hydrogen-bond acceptors (Lipinski definition) is 2. The zero-order valence-corrected chi connectivity index (χ0v) is 7.09. The van der Waals surface area contributed by atoms with Gasteiger partial charge in [0.2, 0.25) is 0 Å². The first-order valence-corrected chi connectivity index (χ1v) is 3.45. The number of allylic oxidation sites excluding steroid dienone is 2. The molecule has 0 aliphatic rings. The molecule has 0 atom stereocenters. The average Bonchev–Trinajstić information content (AvgIpc) is 2.05. The molecule has 11 heavy (non-hydrogen) atoms. The molecule has 0 unspecified atom stereocenters. The van der Waals surface area contributed by atoms with Gasteiger partial charge < -0.3 is 5.32 Å². The van der Waals surface area contributed by atoms with E-state index in [2.05, 4.69) is 23.5 Å². The van der Waals surface area contributed by atoms with Crippen LogP contribution in [-0.2, 0) is 0 Å². The summed E-state index contributed by atoms with van der Waals surface area (Å²) in [6.45, 7) is 9.14. The molecule has 2 nitrogen and oxygen atoms in total. The molecule has 0 rings (SSSR count). The Kier molecular flexibility index (Phi) is 4.82. The maximum atomic E-state index is 4.09. The van der Waals surface area contributed by atoms with Crippen molar-refractivity contribution in [2.24, 2.45) is 4.99 Å². The first kappa shape index (κ1) is 9.69. The summed E-state index contributed by atoms with van der Waals surface area (Å²) in [5.41, 5.74) is 1.70. The predicted octanol–water partition coefficient (Wildman–Crippen LogP) is 1.88. The lowest BCUT2D eigenvalue weighted by Crippen LogP contribution is -2.04. The second-order valence-corrected chi connectivity index (χ2v) is 1.84. The SMILES string of the molecule is C=C/C(N=CC)=C(\C=C)NC. The predicted molar refractivity (Wildman–Crippen MR) is 50.6 cm³/mol. The van der Waals surface area contributed by atoms with Crippen molar-refractivity contribution in [2.45, 2.75) is 6.92 Å². The second-order valence-electron chi connectivity index (χ2n) is 1.84. The van der Waals surface area contributed by atoms with Crippen molar-refractivity contribution < 1.29 is 0 Å². The van der Waals surface area contributed by atoms with Crippen molar-refractivity contribution in [1.29, 1.82) is 0 Å². The van der Waals surface area contributed by atoms with Crippen LogP contribution in [0.3, 0.4) is 0 Å². The normalized spacial score (nSPS) is 12.5. The number of rotatable bonds is 4. The Labute approximate surface area is 68.0 Å². The van der Waals surface area contributed by atoms with Gasteiger partial charge in [-0.05, 0) is 19.1 Å². The molecule has 0 amide bonds. The Hall–Kier alpha value is -1.31. The van der Waals surface area contributed by atoms with Gasteiger partial charge in [0, 0.05) is 13.3 Å². The van der Waals surface area contributed by atoms with Crippen molar-refractivity contribution in [3.05, 3.63) is 36.7 Å². The molecule has 0 aromatic carbocycles. The Morgan fingerprint density at radius 1 is 1.36 bits per heavy atom. The van der Waals surface area contributed by atoms with Crippen LogP contribution in [0.2, 0.25) is 0 Å². The standard InChI is InChI=1S/C9H14N2/c1-5-8(10-4)9(6-2)11-7-3/h5-7,10H,1-2H2,3-4H3/b9-8-,11-7?. The van der Waals surface area contributed by atoms with E-state index in [0.29, 0.717) is 0 Å². The lowest BCUT2D eigenvalue weighted by atomic mass is 10.3. The van der Waals surface area contributed by atoms with Gasteiger partial charge in [-0.3, -0.25) is 4.99 Å². The fourth-order valence-corrected chi connectivity index (χ4v) is 0.706. The van der Waals surface area contributed by atoms with E-state index >= 15 is 0 Å². The van der Waals surface area contributed by atoms with Gasteiger partial charge >= 0.3 is 0 Å². The molecule has 0 fully saturated rings. The van der Waals surface area contributed by atoms with Crippen molar-refractivity contribution in [3.8, 4) is 0 Å². The first-order valence-electron chi connectivity index (χ1n) is 3.45. The van der Waals surface area contributed by atoms with Crippen molar-refractivity contribution in [1.82, 2.24) is 5.32 Å². The third-order valence-corrected chi connectivity index (χ3v) is 1.21. The van der Waals surface area contributed by atoms with Crippen molar-refractivity contribution >= 4 is 6.21 Å². The maximum absolute atomic E-state index is 4.09. The highest BCUT2D eigenvalue weighted by molar-refractivity contribution is 5.56.